The summed E-state index contributed by atoms with van der Waals surface area (Å²) < 4.78 is 5.49. The van der Waals surface area contributed by atoms with E-state index in [1.54, 1.807) is 29.2 Å². The number of rotatable bonds is 4. The minimum Gasteiger partial charge on any atom is -0.484 e. The highest BCUT2D eigenvalue weighted by molar-refractivity contribution is 6.07. The van der Waals surface area contributed by atoms with Crippen LogP contribution in [0.3, 0.4) is 0 Å². The summed E-state index contributed by atoms with van der Waals surface area (Å²) in [5, 5.41) is 13.5. The van der Waals surface area contributed by atoms with E-state index in [0.717, 1.165) is 5.56 Å². The molecule has 0 aromatic heterocycles. The standard InChI is InChI=1S/C17H18N4O4/c18-8-5-12-1-3-13(4-2-12)25-11-14(22)21-9-6-17(7-10-21)15(23)19-16(24)20-17/h1-4H,5-7,9-11H2,(H2,19,20,23,24). The van der Waals surface area contributed by atoms with Gasteiger partial charge in [-0.15, -0.1) is 0 Å². The maximum atomic E-state index is 12.3. The predicted molar refractivity (Wildman–Crippen MR) is 86.5 cm³/mol. The molecule has 0 atom stereocenters. The van der Waals surface area contributed by atoms with Crippen molar-refractivity contribution in [1.82, 2.24) is 15.5 Å². The fourth-order valence-electron chi connectivity index (χ4n) is 3.05. The third-order valence-corrected chi connectivity index (χ3v) is 4.55. The third-order valence-electron chi connectivity index (χ3n) is 4.55. The molecule has 1 aromatic rings. The number of benzene rings is 1. The molecule has 3 rings (SSSR count). The first kappa shape index (κ1) is 16.8. The lowest BCUT2D eigenvalue weighted by Crippen LogP contribution is -2.56. The van der Waals surface area contributed by atoms with Crippen molar-refractivity contribution >= 4 is 17.8 Å². The lowest BCUT2D eigenvalue weighted by atomic mass is 9.88. The van der Waals surface area contributed by atoms with E-state index in [4.69, 9.17) is 10.00 Å². The average molecular weight is 342 g/mol. The fraction of sp³-hybridized carbons (Fsp3) is 0.412. The van der Waals surface area contributed by atoms with Gasteiger partial charge in [-0.05, 0) is 30.5 Å². The number of carbonyl (C=O) groups is 3. The molecule has 2 N–H and O–H groups in total. The second kappa shape index (κ2) is 6.81. The molecule has 1 aromatic carbocycles. The van der Waals surface area contributed by atoms with Crippen LogP contribution in [0.1, 0.15) is 18.4 Å². The number of likely N-dealkylation sites (tertiary alicyclic amines) is 1. The molecular formula is C17H18N4O4. The van der Waals surface area contributed by atoms with E-state index in [2.05, 4.69) is 16.7 Å². The summed E-state index contributed by atoms with van der Waals surface area (Å²) in [7, 11) is 0. The number of nitrogens with one attached hydrogen (secondary N) is 2. The van der Waals surface area contributed by atoms with Gasteiger partial charge in [-0.2, -0.15) is 5.26 Å². The van der Waals surface area contributed by atoms with Crippen LogP contribution in [-0.4, -0.2) is 48.0 Å². The number of hydrogen-bond acceptors (Lipinski definition) is 5. The molecule has 0 saturated carbocycles. The normalized spacial score (nSPS) is 18.4. The van der Waals surface area contributed by atoms with Crippen molar-refractivity contribution in [3.63, 3.8) is 0 Å². The van der Waals surface area contributed by atoms with Gasteiger partial charge in [0.05, 0.1) is 12.5 Å². The minimum atomic E-state index is -0.884. The first-order chi connectivity index (χ1) is 12.0. The van der Waals surface area contributed by atoms with Crippen molar-refractivity contribution in [2.75, 3.05) is 19.7 Å². The number of imide groups is 1. The molecule has 2 aliphatic heterocycles. The van der Waals surface area contributed by atoms with Gasteiger partial charge in [0, 0.05) is 13.1 Å². The highest BCUT2D eigenvalue weighted by Gasteiger charge is 2.48. The maximum absolute atomic E-state index is 12.3. The molecule has 0 unspecified atom stereocenters. The summed E-state index contributed by atoms with van der Waals surface area (Å²) in [4.78, 5) is 37.1. The van der Waals surface area contributed by atoms with Crippen LogP contribution in [0.4, 0.5) is 4.79 Å². The summed E-state index contributed by atoms with van der Waals surface area (Å²) in [6.45, 7) is 0.678. The summed E-state index contributed by atoms with van der Waals surface area (Å²) in [5.74, 6) is 0.0740. The van der Waals surface area contributed by atoms with Crippen LogP contribution in [0.25, 0.3) is 0 Å². The summed E-state index contributed by atoms with van der Waals surface area (Å²) in [6.07, 6.45) is 1.11. The predicted octanol–water partition coefficient (Wildman–Crippen LogP) is 0.332. The van der Waals surface area contributed by atoms with Gasteiger partial charge < -0.3 is 15.0 Å². The second-order valence-corrected chi connectivity index (χ2v) is 6.14. The smallest absolute Gasteiger partial charge is 0.322 e. The minimum absolute atomic E-state index is 0.0941. The molecule has 0 aliphatic carbocycles. The first-order valence-electron chi connectivity index (χ1n) is 8.02. The van der Waals surface area contributed by atoms with E-state index in [9.17, 15) is 14.4 Å². The van der Waals surface area contributed by atoms with E-state index in [-0.39, 0.29) is 18.4 Å². The molecule has 2 saturated heterocycles. The van der Waals surface area contributed by atoms with Crippen LogP contribution >= 0.6 is 0 Å². The monoisotopic (exact) mass is 342 g/mol. The van der Waals surface area contributed by atoms with E-state index in [0.29, 0.717) is 38.1 Å². The molecule has 2 heterocycles. The van der Waals surface area contributed by atoms with Crippen molar-refractivity contribution in [2.45, 2.75) is 24.8 Å². The number of nitriles is 1. The Kier molecular flexibility index (Phi) is 4.57. The Hall–Kier alpha value is -3.08. The van der Waals surface area contributed by atoms with Crippen LogP contribution in [0.15, 0.2) is 24.3 Å². The van der Waals surface area contributed by atoms with E-state index in [1.807, 2.05) is 0 Å². The van der Waals surface area contributed by atoms with Gasteiger partial charge in [0.15, 0.2) is 6.61 Å². The Morgan fingerprint density at radius 2 is 1.92 bits per heavy atom. The number of ether oxygens (including phenoxy) is 1. The van der Waals surface area contributed by atoms with E-state index < -0.39 is 11.6 Å². The van der Waals surface area contributed by atoms with Gasteiger partial charge in [-0.3, -0.25) is 14.9 Å². The zero-order valence-electron chi connectivity index (χ0n) is 13.6. The van der Waals surface area contributed by atoms with Gasteiger partial charge in [0.2, 0.25) is 0 Å². The zero-order valence-corrected chi connectivity index (χ0v) is 13.6. The molecule has 0 radical (unpaired) electrons. The van der Waals surface area contributed by atoms with Crippen LogP contribution in [0, 0.1) is 11.3 Å². The van der Waals surface area contributed by atoms with Gasteiger partial charge in [0.25, 0.3) is 11.8 Å². The Balaban J connectivity index is 1.49. The largest absolute Gasteiger partial charge is 0.484 e. The molecule has 2 aliphatic rings. The number of hydrogen-bond donors (Lipinski definition) is 2. The van der Waals surface area contributed by atoms with Crippen LogP contribution in [0.5, 0.6) is 5.75 Å². The van der Waals surface area contributed by atoms with Crippen molar-refractivity contribution in [3.05, 3.63) is 29.8 Å². The van der Waals surface area contributed by atoms with E-state index >= 15 is 0 Å². The number of urea groups is 1. The molecule has 130 valence electrons. The van der Waals surface area contributed by atoms with Gasteiger partial charge in [0.1, 0.15) is 11.3 Å². The van der Waals surface area contributed by atoms with Crippen molar-refractivity contribution < 1.29 is 19.1 Å². The van der Waals surface area contributed by atoms with Gasteiger partial charge in [-0.1, -0.05) is 12.1 Å². The lowest BCUT2D eigenvalue weighted by molar-refractivity contribution is -0.137. The number of carbonyl (C=O) groups excluding carboxylic acids is 3. The fourth-order valence-corrected chi connectivity index (χ4v) is 3.05. The van der Waals surface area contributed by atoms with Crippen molar-refractivity contribution in [2.24, 2.45) is 0 Å². The molecular weight excluding hydrogens is 324 g/mol. The van der Waals surface area contributed by atoms with Crippen LogP contribution < -0.4 is 15.4 Å². The Labute approximate surface area is 144 Å². The highest BCUT2D eigenvalue weighted by Crippen LogP contribution is 2.25. The zero-order chi connectivity index (χ0) is 17.9. The maximum Gasteiger partial charge on any atom is 0.322 e. The van der Waals surface area contributed by atoms with Gasteiger partial charge >= 0.3 is 6.03 Å². The first-order valence-corrected chi connectivity index (χ1v) is 8.02. The molecule has 8 nitrogen and oxygen atoms in total. The number of nitrogens with zero attached hydrogens (tertiary/aromatic N) is 2. The molecule has 2 fully saturated rings. The quantitative estimate of drug-likeness (QED) is 0.766. The molecule has 4 amide bonds. The Morgan fingerprint density at radius 1 is 1.24 bits per heavy atom. The highest BCUT2D eigenvalue weighted by atomic mass is 16.5. The molecule has 8 heteroatoms. The van der Waals surface area contributed by atoms with Crippen LogP contribution in [0.2, 0.25) is 0 Å². The van der Waals surface area contributed by atoms with Crippen molar-refractivity contribution in [1.29, 1.82) is 5.26 Å². The summed E-state index contributed by atoms with van der Waals surface area (Å²) >= 11 is 0. The second-order valence-electron chi connectivity index (χ2n) is 6.14. The van der Waals surface area contributed by atoms with E-state index in [1.165, 1.54) is 0 Å². The molecule has 0 bridgehead atoms. The van der Waals surface area contributed by atoms with Crippen LogP contribution in [-0.2, 0) is 16.0 Å². The summed E-state index contributed by atoms with van der Waals surface area (Å²) in [6, 6.07) is 8.61. The molecule has 25 heavy (non-hydrogen) atoms. The Bertz CT molecular complexity index is 730. The SMILES string of the molecule is N#CCc1ccc(OCC(=O)N2CCC3(CC2)NC(=O)NC3=O)cc1. The van der Waals surface area contributed by atoms with Crippen molar-refractivity contribution in [3.8, 4) is 11.8 Å². The molecule has 1 spiro atoms. The average Bonchev–Trinajstić information content (AvgIpc) is 2.88. The number of amides is 4. The van der Waals surface area contributed by atoms with Gasteiger partial charge in [-0.25, -0.2) is 4.79 Å². The Morgan fingerprint density at radius 3 is 2.48 bits per heavy atom. The topological polar surface area (TPSA) is 112 Å². The summed E-state index contributed by atoms with van der Waals surface area (Å²) in [5.41, 5.74) is 0.00469. The lowest BCUT2D eigenvalue weighted by Gasteiger charge is -2.36. The number of piperidine rings is 1. The third kappa shape index (κ3) is 3.55.